The van der Waals surface area contributed by atoms with Crippen molar-refractivity contribution in [3.8, 4) is 0 Å². The fourth-order valence-electron chi connectivity index (χ4n) is 4.60. The number of carbonyl (C=O) groups is 2. The van der Waals surface area contributed by atoms with Gasteiger partial charge in [-0.3, -0.25) is 5.32 Å². The van der Waals surface area contributed by atoms with Gasteiger partial charge in [-0.25, -0.2) is 14.6 Å². The number of urea groups is 1. The molecule has 1 fully saturated rings. The van der Waals surface area contributed by atoms with Gasteiger partial charge in [-0.2, -0.15) is 4.48 Å². The van der Waals surface area contributed by atoms with Crippen molar-refractivity contribution in [2.45, 2.75) is 50.9 Å². The summed E-state index contributed by atoms with van der Waals surface area (Å²) < 4.78 is 1.87. The number of fused-ring (bicyclic) bond motifs is 1. The summed E-state index contributed by atoms with van der Waals surface area (Å²) in [4.78, 5) is 31.7. The number of nitrogens with one attached hydrogen (secondary N) is 1. The fourth-order valence-corrected chi connectivity index (χ4v) is 5.53. The van der Waals surface area contributed by atoms with E-state index in [0.29, 0.717) is 6.54 Å². The molecule has 1 unspecified atom stereocenters. The Bertz CT molecular complexity index is 1140. The second kappa shape index (κ2) is 9.08. The van der Waals surface area contributed by atoms with Gasteiger partial charge in [-0.15, -0.1) is 0 Å². The second-order valence-electron chi connectivity index (χ2n) is 8.79. The maximum atomic E-state index is 13.5. The second-order valence-corrected chi connectivity index (χ2v) is 9.73. The molecule has 3 aromatic rings. The van der Waals surface area contributed by atoms with E-state index in [0.717, 1.165) is 34.6 Å². The minimum absolute atomic E-state index is 0.0336. The first-order valence-corrected chi connectivity index (χ1v) is 12.1. The van der Waals surface area contributed by atoms with Crippen LogP contribution in [0, 0.1) is 6.92 Å². The molecule has 1 aliphatic heterocycles. The van der Waals surface area contributed by atoms with Gasteiger partial charge in [0.2, 0.25) is 0 Å². The number of amides is 3. The number of likely N-dealkylation sites (tertiary alicyclic amines) is 1. The lowest BCUT2D eigenvalue weighted by Gasteiger charge is -2.33. The summed E-state index contributed by atoms with van der Waals surface area (Å²) in [5.41, 5.74) is 4.16. The summed E-state index contributed by atoms with van der Waals surface area (Å²) >= 11 is 1.41. The van der Waals surface area contributed by atoms with Crippen molar-refractivity contribution in [3.05, 3.63) is 59.7 Å². The van der Waals surface area contributed by atoms with Crippen molar-refractivity contribution in [1.29, 1.82) is 0 Å². The van der Waals surface area contributed by atoms with Crippen LogP contribution in [-0.2, 0) is 11.8 Å². The van der Waals surface area contributed by atoms with E-state index in [2.05, 4.69) is 10.3 Å². The van der Waals surface area contributed by atoms with Crippen molar-refractivity contribution in [1.82, 2.24) is 14.9 Å². The molecule has 32 heavy (non-hydrogen) atoms. The summed E-state index contributed by atoms with van der Waals surface area (Å²) in [5, 5.41) is 3.91. The first kappa shape index (κ1) is 22.6. The van der Waals surface area contributed by atoms with Gasteiger partial charge in [0.1, 0.15) is 11.8 Å². The summed E-state index contributed by atoms with van der Waals surface area (Å²) in [5.74, 6) is 0.161. The Morgan fingerprint density at radius 1 is 1.22 bits per heavy atom. The summed E-state index contributed by atoms with van der Waals surface area (Å²) in [6.07, 6.45) is 1.74. The number of imidazole rings is 1. The van der Waals surface area contributed by atoms with Crippen LogP contribution in [0.2, 0.25) is 0 Å². The van der Waals surface area contributed by atoms with Crippen LogP contribution in [0.15, 0.2) is 53.7 Å². The zero-order valence-corrected chi connectivity index (χ0v) is 20.0. The number of aromatic nitrogens is 2. The van der Waals surface area contributed by atoms with E-state index in [4.69, 9.17) is 0 Å². The van der Waals surface area contributed by atoms with Gasteiger partial charge in [-0.05, 0) is 38.5 Å². The van der Waals surface area contributed by atoms with Crippen LogP contribution in [-0.4, -0.2) is 44.3 Å². The largest absolute Gasteiger partial charge is 0.424 e. The topological polar surface area (TPSA) is 64.0 Å². The molecule has 1 saturated heterocycles. The van der Waals surface area contributed by atoms with Crippen LogP contribution < -0.4 is 5.32 Å². The molecular weight excluding hydrogens is 420 g/mol. The van der Waals surface area contributed by atoms with Gasteiger partial charge < -0.3 is 4.57 Å². The number of hydrogen-bond acceptors (Lipinski definition) is 4. The summed E-state index contributed by atoms with van der Waals surface area (Å²) in [6, 6.07) is 15.7. The van der Waals surface area contributed by atoms with E-state index in [9.17, 15) is 9.59 Å². The molecule has 1 N–H and O–H groups in total. The van der Waals surface area contributed by atoms with E-state index in [-0.39, 0.29) is 34.3 Å². The Morgan fingerprint density at radius 2 is 1.94 bits per heavy atom. The van der Waals surface area contributed by atoms with Gasteiger partial charge in [0.25, 0.3) is 0 Å². The van der Waals surface area contributed by atoms with Crippen molar-refractivity contribution in [2.75, 3.05) is 12.3 Å². The smallest absolute Gasteiger partial charge is 0.322 e. The number of para-hydroxylation sites is 2. The van der Waals surface area contributed by atoms with Crippen LogP contribution in [0.4, 0.5) is 4.79 Å². The predicted octanol–water partition coefficient (Wildman–Crippen LogP) is 4.97. The highest BCUT2D eigenvalue weighted by Crippen LogP contribution is 2.31. The molecule has 1 aromatic heterocycles. The quantitative estimate of drug-likeness (QED) is 0.439. The van der Waals surface area contributed by atoms with Crippen LogP contribution in [0.5, 0.6) is 0 Å². The van der Waals surface area contributed by atoms with Crippen molar-refractivity contribution < 1.29 is 14.1 Å². The average Bonchev–Trinajstić information content (AvgIpc) is 3.33. The van der Waals surface area contributed by atoms with Crippen LogP contribution >= 0.6 is 11.8 Å². The first-order chi connectivity index (χ1) is 15.3. The molecule has 2 heterocycles. The Hall–Kier alpha value is -2.64. The molecule has 168 valence electrons. The SMILES string of the molecule is Cc1ccc([C@H](C)NC(=O)[N+]2(C(=O)CSc3nc4ccccc4n3C)CCC[C@H]2C)cc1. The van der Waals surface area contributed by atoms with E-state index in [1.54, 1.807) is 0 Å². The average molecular weight is 452 g/mol. The van der Waals surface area contributed by atoms with Crippen molar-refractivity contribution in [3.63, 3.8) is 0 Å². The standard InChI is InChI=1S/C25H30N4O2S/c1-17-11-13-20(14-12-17)19(3)26-25(31)29(15-7-8-18(29)2)23(30)16-32-24-27-21-9-5-6-10-22(21)28(24)4/h5-6,9-14,18-19H,7-8,15-16H2,1-4H3/p+1/t18-,19+,29?/m1/s1. The molecule has 2 aromatic carbocycles. The maximum absolute atomic E-state index is 13.5. The number of nitrogens with zero attached hydrogens (tertiary/aromatic N) is 3. The van der Waals surface area contributed by atoms with Gasteiger partial charge >= 0.3 is 11.9 Å². The Balaban J connectivity index is 1.51. The number of quaternary nitrogens is 1. The Morgan fingerprint density at radius 3 is 2.59 bits per heavy atom. The highest BCUT2D eigenvalue weighted by atomic mass is 32.2. The number of thioether (sulfide) groups is 1. The molecular formula is C25H31N4O2S+. The highest BCUT2D eigenvalue weighted by molar-refractivity contribution is 7.99. The van der Waals surface area contributed by atoms with Crippen LogP contribution in [0.3, 0.4) is 0 Å². The lowest BCUT2D eigenvalue weighted by molar-refractivity contribution is -0.784. The number of carbonyl (C=O) groups excluding carboxylic acids is 2. The van der Waals surface area contributed by atoms with Crippen LogP contribution in [0.25, 0.3) is 11.0 Å². The predicted molar refractivity (Wildman–Crippen MR) is 128 cm³/mol. The Labute approximate surface area is 193 Å². The molecule has 4 rings (SSSR count). The number of aryl methyl sites for hydroxylation is 2. The van der Waals surface area contributed by atoms with Gasteiger partial charge in [0, 0.05) is 19.9 Å². The monoisotopic (exact) mass is 451 g/mol. The van der Waals surface area contributed by atoms with Gasteiger partial charge in [0.05, 0.1) is 23.6 Å². The van der Waals surface area contributed by atoms with Crippen LogP contribution in [0.1, 0.15) is 43.9 Å². The third-order valence-corrected chi connectivity index (χ3v) is 7.70. The summed E-state index contributed by atoms with van der Waals surface area (Å²) in [6.45, 7) is 6.58. The molecule has 0 spiro atoms. The van der Waals surface area contributed by atoms with Gasteiger partial charge in [0.15, 0.2) is 5.16 Å². The zero-order valence-electron chi connectivity index (χ0n) is 19.2. The maximum Gasteiger partial charge on any atom is 0.424 e. The lowest BCUT2D eigenvalue weighted by Crippen LogP contribution is -2.63. The van der Waals surface area contributed by atoms with Gasteiger partial charge in [-0.1, -0.05) is 53.7 Å². The normalized spacial score (nSPS) is 21.6. The molecule has 3 amide bonds. The van der Waals surface area contributed by atoms with E-state index in [1.165, 1.54) is 17.3 Å². The zero-order chi connectivity index (χ0) is 22.9. The highest BCUT2D eigenvalue weighted by Gasteiger charge is 2.52. The minimum atomic E-state index is -0.196. The fraction of sp³-hybridized carbons (Fsp3) is 0.400. The molecule has 0 bridgehead atoms. The van der Waals surface area contributed by atoms with Crippen molar-refractivity contribution in [2.24, 2.45) is 7.05 Å². The summed E-state index contributed by atoms with van der Waals surface area (Å²) in [7, 11) is 1.96. The molecule has 1 aliphatic rings. The van der Waals surface area contributed by atoms with Crippen molar-refractivity contribution >= 4 is 34.7 Å². The van der Waals surface area contributed by atoms with E-state index < -0.39 is 0 Å². The molecule has 7 heteroatoms. The number of imide groups is 1. The lowest BCUT2D eigenvalue weighted by atomic mass is 10.1. The molecule has 3 atom stereocenters. The number of rotatable bonds is 5. The number of hydrogen-bond donors (Lipinski definition) is 1. The molecule has 6 nitrogen and oxygen atoms in total. The third kappa shape index (κ3) is 4.07. The van der Waals surface area contributed by atoms with E-state index in [1.807, 2.05) is 80.9 Å². The van der Waals surface area contributed by atoms with E-state index >= 15 is 0 Å². The molecule has 0 aliphatic carbocycles. The first-order valence-electron chi connectivity index (χ1n) is 11.2. The third-order valence-electron chi connectivity index (χ3n) is 6.68. The number of benzene rings is 2. The molecule has 0 radical (unpaired) electrons. The minimum Gasteiger partial charge on any atom is -0.322 e. The molecule has 0 saturated carbocycles. The Kier molecular flexibility index (Phi) is 6.40.